The van der Waals surface area contributed by atoms with E-state index in [0.717, 1.165) is 62.1 Å². The van der Waals surface area contributed by atoms with Crippen LogP contribution < -0.4 is 0 Å². The Labute approximate surface area is 135 Å². The maximum atomic E-state index is 5.14. The minimum Gasteiger partial charge on any atom is -0.361 e. The fourth-order valence-corrected chi connectivity index (χ4v) is 3.12. The number of hydrogen-bond donors (Lipinski definition) is 0. The Bertz CT molecular complexity index is 752. The number of imidazole rings is 1. The Morgan fingerprint density at radius 1 is 1.04 bits per heavy atom. The van der Waals surface area contributed by atoms with E-state index in [1.165, 1.54) is 0 Å². The maximum Gasteiger partial charge on any atom is 0.137 e. The van der Waals surface area contributed by atoms with Crippen LogP contribution in [0.5, 0.6) is 0 Å². The van der Waals surface area contributed by atoms with E-state index in [1.54, 1.807) is 0 Å². The third kappa shape index (κ3) is 3.28. The van der Waals surface area contributed by atoms with Crippen LogP contribution in [0.2, 0.25) is 0 Å². The molecule has 6 nitrogen and oxygen atoms in total. The zero-order valence-corrected chi connectivity index (χ0v) is 13.4. The molecule has 0 N–H and O–H groups in total. The van der Waals surface area contributed by atoms with Gasteiger partial charge in [0.25, 0.3) is 0 Å². The molecule has 0 saturated carbocycles. The lowest BCUT2D eigenvalue weighted by Gasteiger charge is -2.33. The van der Waals surface area contributed by atoms with Crippen molar-refractivity contribution >= 4 is 5.65 Å². The highest BCUT2D eigenvalue weighted by atomic mass is 16.5. The average molecular weight is 311 g/mol. The van der Waals surface area contributed by atoms with Gasteiger partial charge in [0.15, 0.2) is 0 Å². The van der Waals surface area contributed by atoms with Crippen LogP contribution in [0.4, 0.5) is 0 Å². The zero-order valence-electron chi connectivity index (χ0n) is 13.4. The van der Waals surface area contributed by atoms with E-state index in [0.29, 0.717) is 0 Å². The highest BCUT2D eigenvalue weighted by Crippen LogP contribution is 2.12. The third-order valence-electron chi connectivity index (χ3n) is 4.33. The normalized spacial score (nSPS) is 17.1. The van der Waals surface area contributed by atoms with Gasteiger partial charge in [-0.2, -0.15) is 0 Å². The van der Waals surface area contributed by atoms with Crippen molar-refractivity contribution in [3.8, 4) is 0 Å². The molecular weight excluding hydrogens is 290 g/mol. The van der Waals surface area contributed by atoms with Gasteiger partial charge in [-0.1, -0.05) is 11.2 Å². The van der Waals surface area contributed by atoms with E-state index in [2.05, 4.69) is 30.5 Å². The quantitative estimate of drug-likeness (QED) is 0.737. The van der Waals surface area contributed by atoms with E-state index in [-0.39, 0.29) is 0 Å². The predicted octanol–water partition coefficient (Wildman–Crippen LogP) is 1.95. The van der Waals surface area contributed by atoms with Crippen molar-refractivity contribution in [3.63, 3.8) is 0 Å². The second kappa shape index (κ2) is 6.14. The number of pyridine rings is 1. The lowest BCUT2D eigenvalue weighted by molar-refractivity contribution is 0.119. The van der Waals surface area contributed by atoms with E-state index in [4.69, 9.17) is 4.52 Å². The molecule has 23 heavy (non-hydrogen) atoms. The number of piperazine rings is 1. The van der Waals surface area contributed by atoms with Crippen LogP contribution >= 0.6 is 0 Å². The first-order valence-electron chi connectivity index (χ1n) is 8.06. The Hall–Kier alpha value is -2.18. The summed E-state index contributed by atoms with van der Waals surface area (Å²) >= 11 is 0. The Balaban J connectivity index is 1.32. The van der Waals surface area contributed by atoms with Gasteiger partial charge in [0.1, 0.15) is 11.4 Å². The van der Waals surface area contributed by atoms with Gasteiger partial charge in [-0.25, -0.2) is 4.98 Å². The standard InChI is InChI=1S/C17H21N5O/c1-14-10-15(19-23-14)11-20-6-8-21(9-7-20)12-16-13-22-5-3-2-4-17(22)18-16/h2-5,10,13H,6-9,11-12H2,1H3. The topological polar surface area (TPSA) is 49.8 Å². The summed E-state index contributed by atoms with van der Waals surface area (Å²) in [7, 11) is 0. The molecule has 0 atom stereocenters. The molecule has 1 aliphatic rings. The van der Waals surface area contributed by atoms with Gasteiger partial charge < -0.3 is 8.92 Å². The predicted molar refractivity (Wildman–Crippen MR) is 87.0 cm³/mol. The van der Waals surface area contributed by atoms with Gasteiger partial charge in [0.05, 0.1) is 11.4 Å². The van der Waals surface area contributed by atoms with Gasteiger partial charge in [0.2, 0.25) is 0 Å². The summed E-state index contributed by atoms with van der Waals surface area (Å²) in [5.41, 5.74) is 3.18. The number of nitrogens with zero attached hydrogens (tertiary/aromatic N) is 5. The van der Waals surface area contributed by atoms with Crippen LogP contribution in [0, 0.1) is 6.92 Å². The Kier molecular flexibility index (Phi) is 3.85. The van der Waals surface area contributed by atoms with Gasteiger partial charge in [-0.15, -0.1) is 0 Å². The molecule has 3 aromatic heterocycles. The maximum absolute atomic E-state index is 5.14. The first-order valence-corrected chi connectivity index (χ1v) is 8.06. The summed E-state index contributed by atoms with van der Waals surface area (Å²) < 4.78 is 7.22. The number of hydrogen-bond acceptors (Lipinski definition) is 5. The van der Waals surface area contributed by atoms with Crippen LogP contribution in [-0.2, 0) is 13.1 Å². The summed E-state index contributed by atoms with van der Waals surface area (Å²) in [5.74, 6) is 0.880. The van der Waals surface area contributed by atoms with Crippen LogP contribution in [0.1, 0.15) is 17.1 Å². The fourth-order valence-electron chi connectivity index (χ4n) is 3.12. The van der Waals surface area contributed by atoms with E-state index in [9.17, 15) is 0 Å². The fraction of sp³-hybridized carbons (Fsp3) is 0.412. The van der Waals surface area contributed by atoms with Crippen molar-refractivity contribution in [2.45, 2.75) is 20.0 Å². The number of aromatic nitrogens is 3. The van der Waals surface area contributed by atoms with Crippen molar-refractivity contribution in [1.29, 1.82) is 0 Å². The Morgan fingerprint density at radius 3 is 2.43 bits per heavy atom. The second-order valence-corrected chi connectivity index (χ2v) is 6.18. The SMILES string of the molecule is Cc1cc(CN2CCN(Cc3cn4ccccc4n3)CC2)no1. The molecule has 0 spiro atoms. The van der Waals surface area contributed by atoms with Gasteiger partial charge >= 0.3 is 0 Å². The summed E-state index contributed by atoms with van der Waals surface area (Å²) in [6.45, 7) is 7.95. The largest absolute Gasteiger partial charge is 0.361 e. The Morgan fingerprint density at radius 2 is 1.78 bits per heavy atom. The molecular formula is C17H21N5O. The molecule has 0 aromatic carbocycles. The van der Waals surface area contributed by atoms with Gasteiger partial charge in [0, 0.05) is 57.7 Å². The molecule has 4 heterocycles. The first kappa shape index (κ1) is 14.4. The molecule has 0 aliphatic carbocycles. The monoisotopic (exact) mass is 311 g/mol. The smallest absolute Gasteiger partial charge is 0.137 e. The van der Waals surface area contributed by atoms with E-state index in [1.807, 2.05) is 37.4 Å². The third-order valence-corrected chi connectivity index (χ3v) is 4.33. The molecule has 0 amide bonds. The van der Waals surface area contributed by atoms with Crippen LogP contribution in [0.3, 0.4) is 0 Å². The molecule has 0 radical (unpaired) electrons. The van der Waals surface area contributed by atoms with Crippen molar-refractivity contribution in [1.82, 2.24) is 24.3 Å². The van der Waals surface area contributed by atoms with Gasteiger partial charge in [-0.05, 0) is 19.1 Å². The molecule has 6 heteroatoms. The van der Waals surface area contributed by atoms with Crippen LogP contribution in [0.15, 0.2) is 41.2 Å². The molecule has 1 saturated heterocycles. The van der Waals surface area contributed by atoms with Crippen LogP contribution in [-0.4, -0.2) is 50.5 Å². The summed E-state index contributed by atoms with van der Waals surface area (Å²) in [6, 6.07) is 8.11. The van der Waals surface area contributed by atoms with E-state index < -0.39 is 0 Å². The summed E-state index contributed by atoms with van der Waals surface area (Å²) in [6.07, 6.45) is 4.17. The summed E-state index contributed by atoms with van der Waals surface area (Å²) in [4.78, 5) is 9.57. The van der Waals surface area contributed by atoms with Gasteiger partial charge in [-0.3, -0.25) is 9.80 Å². The van der Waals surface area contributed by atoms with Crippen molar-refractivity contribution in [2.24, 2.45) is 0 Å². The molecule has 4 rings (SSSR count). The van der Waals surface area contributed by atoms with Crippen molar-refractivity contribution < 1.29 is 4.52 Å². The minimum absolute atomic E-state index is 0.875. The number of fused-ring (bicyclic) bond motifs is 1. The minimum atomic E-state index is 0.875. The highest BCUT2D eigenvalue weighted by molar-refractivity contribution is 5.39. The van der Waals surface area contributed by atoms with E-state index >= 15 is 0 Å². The molecule has 1 fully saturated rings. The molecule has 3 aromatic rings. The number of rotatable bonds is 4. The number of aryl methyl sites for hydroxylation is 1. The zero-order chi connectivity index (χ0) is 15.6. The molecule has 0 unspecified atom stereocenters. The van der Waals surface area contributed by atoms with Crippen LogP contribution in [0.25, 0.3) is 5.65 Å². The second-order valence-electron chi connectivity index (χ2n) is 6.18. The lowest BCUT2D eigenvalue weighted by Crippen LogP contribution is -2.45. The van der Waals surface area contributed by atoms with Crippen molar-refractivity contribution in [3.05, 3.63) is 53.8 Å². The highest BCUT2D eigenvalue weighted by Gasteiger charge is 2.19. The average Bonchev–Trinajstić information content (AvgIpc) is 3.14. The lowest BCUT2D eigenvalue weighted by atomic mass is 10.2. The first-order chi connectivity index (χ1) is 11.3. The summed E-state index contributed by atoms with van der Waals surface area (Å²) in [5, 5.41) is 4.08. The molecule has 1 aliphatic heterocycles. The molecule has 0 bridgehead atoms. The van der Waals surface area contributed by atoms with Crippen molar-refractivity contribution in [2.75, 3.05) is 26.2 Å². The molecule has 120 valence electrons.